The molecule has 1 aliphatic rings. The lowest BCUT2D eigenvalue weighted by Crippen LogP contribution is -2.45. The molecule has 0 radical (unpaired) electrons. The molecular formula is C59H73Cl2F2N9O10. The average Bonchev–Trinajstić information content (AvgIpc) is 3.50. The summed E-state index contributed by atoms with van der Waals surface area (Å²) in [5.41, 5.74) is 11.3. The molecular weight excluding hydrogens is 1100 g/mol. The Kier molecular flexibility index (Phi) is 24.7. The first kappa shape index (κ1) is 64.3. The van der Waals surface area contributed by atoms with Crippen molar-refractivity contribution in [2.45, 2.75) is 83.2 Å². The maximum atomic E-state index is 16.2. The van der Waals surface area contributed by atoms with Gasteiger partial charge in [0, 0.05) is 54.0 Å². The van der Waals surface area contributed by atoms with Crippen molar-refractivity contribution in [1.82, 2.24) is 25.9 Å². The molecule has 0 bridgehead atoms. The predicted molar refractivity (Wildman–Crippen MR) is 308 cm³/mol. The highest BCUT2D eigenvalue weighted by atomic mass is 35.5. The van der Waals surface area contributed by atoms with Gasteiger partial charge in [-0.3, -0.25) is 14.4 Å². The number of para-hydroxylation sites is 1. The van der Waals surface area contributed by atoms with Crippen molar-refractivity contribution in [1.29, 1.82) is 5.26 Å². The first-order valence-corrected chi connectivity index (χ1v) is 27.8. The van der Waals surface area contributed by atoms with E-state index in [0.29, 0.717) is 95.9 Å². The summed E-state index contributed by atoms with van der Waals surface area (Å²) in [6.07, 6.45) is 2.28. The fraction of sp³-hybridized carbons (Fsp3) is 0.458. The molecule has 19 nitrogen and oxygen atoms in total. The Balaban J connectivity index is 0.839. The van der Waals surface area contributed by atoms with Crippen molar-refractivity contribution in [3.63, 3.8) is 0 Å². The number of nitrogen functional groups attached to an aromatic ring is 2. The molecule has 1 aromatic heterocycles. The third-order valence-electron chi connectivity index (χ3n) is 13.4. The zero-order valence-corrected chi connectivity index (χ0v) is 48.4. The molecule has 4 aromatic carbocycles. The van der Waals surface area contributed by atoms with Gasteiger partial charge in [-0.1, -0.05) is 87.3 Å². The average molecular weight is 1180 g/mol. The Morgan fingerprint density at radius 1 is 0.805 bits per heavy atom. The van der Waals surface area contributed by atoms with Crippen molar-refractivity contribution in [3.05, 3.63) is 128 Å². The number of hydrogen-bond acceptors (Lipinski definition) is 16. The number of methoxy groups -OCH3 is 1. The standard InChI is InChI=1S/C59H73Cl2F2N9O10/c1-6-44-53(54(65)72-57(66)70-44)82-24-10-23-81-46-14-8-7-11-37(46)16-20-49(73)67-21-25-77-27-29-79-31-32-80-30-28-78-26-22-68-55(74)38-15-19-45(47(33-38)76-5)69-56(75)52-50(40-12-9-13-42(61)51(40)63)59(36-64,48(71-52)35-58(2,3)4)41-18-17-39(60)34-43(41)62/h7-9,11-15,17-19,33-34,48,50,52,71H,6,10,16,20-32,35H2,1-5H3,(H,67,73)(H,68,74)(H,69,75)(H4,65,66,70,72)/t48-,50-,52?,59-/m0/s1. The summed E-state index contributed by atoms with van der Waals surface area (Å²) in [5, 5.41) is 22.8. The van der Waals surface area contributed by atoms with Gasteiger partial charge in [0.2, 0.25) is 17.8 Å². The number of nitriles is 1. The van der Waals surface area contributed by atoms with E-state index in [4.69, 9.17) is 67.8 Å². The lowest BCUT2D eigenvalue weighted by Gasteiger charge is -2.37. The van der Waals surface area contributed by atoms with E-state index in [1.807, 2.05) is 52.0 Å². The SMILES string of the molecule is CCc1nc(N)nc(N)c1OCCCOc1ccccc1CCC(=O)NCCOCCOCCOCCOCCNC(=O)c1ccc(NC(=O)C2N[C@@H](CC(C)(C)C)[C@](C#N)(c3ccc(Cl)cc3F)[C@H]2c2cccc(Cl)c2F)c(OC)c1. The molecule has 5 aromatic rings. The molecule has 23 heteroatoms. The normalized spacial score (nSPS) is 16.8. The fourth-order valence-electron chi connectivity index (χ4n) is 9.60. The Morgan fingerprint density at radius 3 is 2.13 bits per heavy atom. The number of nitrogens with zero attached hydrogens (tertiary/aromatic N) is 3. The molecule has 4 atom stereocenters. The van der Waals surface area contributed by atoms with Gasteiger partial charge in [-0.2, -0.15) is 10.2 Å². The van der Waals surface area contributed by atoms with Gasteiger partial charge in [0.25, 0.3) is 5.91 Å². The van der Waals surface area contributed by atoms with E-state index >= 15 is 8.78 Å². The van der Waals surface area contributed by atoms with Gasteiger partial charge in [0.1, 0.15) is 28.5 Å². The second kappa shape index (κ2) is 31.5. The van der Waals surface area contributed by atoms with Gasteiger partial charge in [-0.15, -0.1) is 0 Å². The lowest BCUT2D eigenvalue weighted by molar-refractivity contribution is -0.121. The topological polar surface area (TPSA) is 266 Å². The second-order valence-corrected chi connectivity index (χ2v) is 21.2. The van der Waals surface area contributed by atoms with Gasteiger partial charge in [-0.25, -0.2) is 13.8 Å². The van der Waals surface area contributed by atoms with Crippen LogP contribution < -0.4 is 46.9 Å². The van der Waals surface area contributed by atoms with Crippen molar-refractivity contribution in [2.24, 2.45) is 5.41 Å². The number of carbonyl (C=O) groups is 3. The van der Waals surface area contributed by atoms with Crippen LogP contribution in [-0.4, -0.2) is 126 Å². The zero-order valence-electron chi connectivity index (χ0n) is 46.8. The van der Waals surface area contributed by atoms with Gasteiger partial charge in [0.15, 0.2) is 11.6 Å². The van der Waals surface area contributed by atoms with E-state index in [-0.39, 0.29) is 88.4 Å². The number of carbonyl (C=O) groups excluding carboxylic acids is 3. The number of halogens is 4. The van der Waals surface area contributed by atoms with E-state index in [1.54, 1.807) is 0 Å². The molecule has 0 aliphatic carbocycles. The first-order chi connectivity index (χ1) is 39.4. The Labute approximate surface area is 487 Å². The van der Waals surface area contributed by atoms with Crippen LogP contribution >= 0.6 is 23.2 Å². The molecule has 1 saturated heterocycles. The summed E-state index contributed by atoms with van der Waals surface area (Å²) < 4.78 is 72.0. The number of aryl methyl sites for hydroxylation is 2. The molecule has 2 heterocycles. The van der Waals surface area contributed by atoms with Crippen molar-refractivity contribution < 1.29 is 56.3 Å². The van der Waals surface area contributed by atoms with Gasteiger partial charge >= 0.3 is 0 Å². The van der Waals surface area contributed by atoms with Crippen molar-refractivity contribution >= 4 is 58.4 Å². The lowest BCUT2D eigenvalue weighted by atomic mass is 9.62. The molecule has 0 saturated carbocycles. The molecule has 8 N–H and O–H groups in total. The third-order valence-corrected chi connectivity index (χ3v) is 13.9. The zero-order chi connectivity index (χ0) is 59.2. The summed E-state index contributed by atoms with van der Waals surface area (Å²) in [7, 11) is 1.38. The van der Waals surface area contributed by atoms with Gasteiger partial charge < -0.3 is 65.9 Å². The maximum absolute atomic E-state index is 16.2. The third kappa shape index (κ3) is 17.8. The van der Waals surface area contributed by atoms with Crippen LogP contribution in [0, 0.1) is 28.4 Å². The van der Waals surface area contributed by atoms with Crippen molar-refractivity contribution in [3.8, 4) is 23.3 Å². The number of nitrogens with one attached hydrogen (secondary N) is 4. The monoisotopic (exact) mass is 1180 g/mol. The van der Waals surface area contributed by atoms with Gasteiger partial charge in [0.05, 0.1) is 102 Å². The van der Waals surface area contributed by atoms with Crippen LogP contribution in [0.5, 0.6) is 17.2 Å². The fourth-order valence-corrected chi connectivity index (χ4v) is 9.94. The van der Waals surface area contributed by atoms with Crippen LogP contribution in [0.15, 0.2) is 78.9 Å². The van der Waals surface area contributed by atoms with E-state index < -0.39 is 52.3 Å². The summed E-state index contributed by atoms with van der Waals surface area (Å²) in [5.74, 6) is -2.49. The highest BCUT2D eigenvalue weighted by molar-refractivity contribution is 6.31. The quantitative estimate of drug-likeness (QED) is 0.0222. The first-order valence-electron chi connectivity index (χ1n) is 27.1. The van der Waals surface area contributed by atoms with E-state index in [0.717, 1.165) is 11.6 Å². The van der Waals surface area contributed by atoms with Crippen LogP contribution in [0.1, 0.15) is 85.6 Å². The smallest absolute Gasteiger partial charge is 0.251 e. The molecule has 82 heavy (non-hydrogen) atoms. The van der Waals surface area contributed by atoms with E-state index in [9.17, 15) is 19.6 Å². The minimum absolute atomic E-state index is 0.0496. The summed E-state index contributed by atoms with van der Waals surface area (Å²) >= 11 is 12.4. The van der Waals surface area contributed by atoms with Crippen LogP contribution in [-0.2, 0) is 46.8 Å². The minimum Gasteiger partial charge on any atom is -0.495 e. The Bertz CT molecular complexity index is 2990. The number of amides is 3. The summed E-state index contributed by atoms with van der Waals surface area (Å²) in [6, 6.07) is 20.5. The van der Waals surface area contributed by atoms with Crippen LogP contribution in [0.2, 0.25) is 10.0 Å². The maximum Gasteiger partial charge on any atom is 0.251 e. The summed E-state index contributed by atoms with van der Waals surface area (Å²) in [6.45, 7) is 11.6. The van der Waals surface area contributed by atoms with Gasteiger partial charge in [-0.05, 0) is 78.3 Å². The molecule has 3 amide bonds. The van der Waals surface area contributed by atoms with Crippen LogP contribution in [0.25, 0.3) is 0 Å². The number of aromatic nitrogens is 2. The molecule has 1 aliphatic heterocycles. The minimum atomic E-state index is -1.82. The Morgan fingerprint density at radius 2 is 1.48 bits per heavy atom. The highest BCUT2D eigenvalue weighted by Gasteiger charge is 2.61. The second-order valence-electron chi connectivity index (χ2n) is 20.4. The highest BCUT2D eigenvalue weighted by Crippen LogP contribution is 2.53. The van der Waals surface area contributed by atoms with Crippen LogP contribution in [0.4, 0.5) is 26.2 Å². The number of rotatable bonds is 32. The number of benzene rings is 4. The van der Waals surface area contributed by atoms with E-state index in [2.05, 4.69) is 37.3 Å². The van der Waals surface area contributed by atoms with Crippen molar-refractivity contribution in [2.75, 3.05) is 103 Å². The molecule has 442 valence electrons. The summed E-state index contributed by atoms with van der Waals surface area (Å²) in [4.78, 5) is 48.4. The molecule has 6 rings (SSSR count). The van der Waals surface area contributed by atoms with E-state index in [1.165, 1.54) is 55.6 Å². The van der Waals surface area contributed by atoms with Crippen LogP contribution in [0.3, 0.4) is 0 Å². The number of ether oxygens (including phenoxy) is 7. The number of hydrogen-bond donors (Lipinski definition) is 6. The number of anilines is 3. The Hall–Kier alpha value is -6.90. The molecule has 1 fully saturated rings. The predicted octanol–water partition coefficient (Wildman–Crippen LogP) is 8.15. The largest absolute Gasteiger partial charge is 0.495 e. The molecule has 0 spiro atoms. The number of nitrogens with two attached hydrogens (primary N) is 2. The molecule has 1 unspecified atom stereocenters.